The normalized spacial score (nSPS) is 14.0. The molecule has 5 nitrogen and oxygen atoms in total. The van der Waals surface area contributed by atoms with Gasteiger partial charge in [0.15, 0.2) is 5.82 Å². The summed E-state index contributed by atoms with van der Waals surface area (Å²) in [6.45, 7) is 2.27. The Hall–Kier alpha value is -2.02. The van der Waals surface area contributed by atoms with Crippen LogP contribution in [-0.4, -0.2) is 24.3 Å². The van der Waals surface area contributed by atoms with Crippen molar-refractivity contribution in [3.63, 3.8) is 0 Å². The van der Waals surface area contributed by atoms with Crippen molar-refractivity contribution in [3.05, 3.63) is 46.7 Å². The standard InChI is InChI=1S/C15H13BrFN5/c1-2-11(17)14-13-6-22-15(18-7-20-22)10-5-9(16)3-4-12(10)21(13)8-19-14/h3-5,7-8,11H,2,6H2,1H3. The predicted molar refractivity (Wildman–Crippen MR) is 83.5 cm³/mol. The summed E-state index contributed by atoms with van der Waals surface area (Å²) >= 11 is 3.49. The molecule has 1 aliphatic rings. The van der Waals surface area contributed by atoms with E-state index in [0.29, 0.717) is 18.7 Å². The van der Waals surface area contributed by atoms with Crippen LogP contribution in [0.15, 0.2) is 35.3 Å². The summed E-state index contributed by atoms with van der Waals surface area (Å²) < 4.78 is 18.9. The molecule has 0 saturated heterocycles. The molecule has 0 radical (unpaired) electrons. The number of nitrogens with zero attached hydrogens (tertiary/aromatic N) is 5. The van der Waals surface area contributed by atoms with Gasteiger partial charge in [-0.05, 0) is 24.6 Å². The van der Waals surface area contributed by atoms with E-state index < -0.39 is 6.17 Å². The van der Waals surface area contributed by atoms with Gasteiger partial charge in [-0.2, -0.15) is 5.10 Å². The van der Waals surface area contributed by atoms with E-state index in [1.807, 2.05) is 29.7 Å². The van der Waals surface area contributed by atoms with Gasteiger partial charge in [0, 0.05) is 10.0 Å². The molecular formula is C15H13BrFN5. The lowest BCUT2D eigenvalue weighted by Gasteiger charge is -2.10. The van der Waals surface area contributed by atoms with Crippen molar-refractivity contribution >= 4 is 15.9 Å². The Morgan fingerprint density at radius 2 is 2.23 bits per heavy atom. The van der Waals surface area contributed by atoms with Crippen LogP contribution in [0.2, 0.25) is 0 Å². The van der Waals surface area contributed by atoms with E-state index in [1.54, 1.807) is 11.0 Å². The SMILES string of the molecule is CCC(F)c1ncn2c1Cn1ncnc1-c1cc(Br)ccc1-2. The van der Waals surface area contributed by atoms with Crippen molar-refractivity contribution in [2.24, 2.45) is 0 Å². The molecule has 2 aromatic heterocycles. The minimum atomic E-state index is -1.07. The average molecular weight is 362 g/mol. The number of hydrogen-bond donors (Lipinski definition) is 0. The molecule has 22 heavy (non-hydrogen) atoms. The molecule has 0 aliphatic carbocycles. The maximum Gasteiger partial charge on any atom is 0.160 e. The zero-order valence-electron chi connectivity index (χ0n) is 11.9. The highest BCUT2D eigenvalue weighted by Crippen LogP contribution is 2.35. The van der Waals surface area contributed by atoms with Crippen LogP contribution in [0.3, 0.4) is 0 Å². The molecule has 0 saturated carbocycles. The monoisotopic (exact) mass is 361 g/mol. The first-order valence-electron chi connectivity index (χ1n) is 7.07. The minimum absolute atomic E-state index is 0.404. The third-order valence-corrected chi connectivity index (χ3v) is 4.42. The molecule has 0 spiro atoms. The molecule has 4 rings (SSSR count). The summed E-state index contributed by atoms with van der Waals surface area (Å²) in [5.74, 6) is 0.776. The molecule has 3 aromatic rings. The van der Waals surface area contributed by atoms with E-state index in [9.17, 15) is 4.39 Å². The van der Waals surface area contributed by atoms with Gasteiger partial charge in [0.05, 0.1) is 29.9 Å². The zero-order valence-corrected chi connectivity index (χ0v) is 13.5. The lowest BCUT2D eigenvalue weighted by molar-refractivity contribution is 0.324. The molecular weight excluding hydrogens is 349 g/mol. The predicted octanol–water partition coefficient (Wildman–Crippen LogP) is 3.68. The fourth-order valence-electron chi connectivity index (χ4n) is 2.84. The first kappa shape index (κ1) is 13.6. The second-order valence-corrected chi connectivity index (χ2v) is 6.14. The van der Waals surface area contributed by atoms with Crippen LogP contribution in [0.1, 0.15) is 30.9 Å². The molecule has 1 aliphatic heterocycles. The van der Waals surface area contributed by atoms with Crippen LogP contribution >= 0.6 is 15.9 Å². The van der Waals surface area contributed by atoms with Gasteiger partial charge in [-0.15, -0.1) is 0 Å². The van der Waals surface area contributed by atoms with Crippen LogP contribution in [0.4, 0.5) is 4.39 Å². The van der Waals surface area contributed by atoms with Gasteiger partial charge in [-0.1, -0.05) is 22.9 Å². The van der Waals surface area contributed by atoms with Crippen LogP contribution in [0, 0.1) is 0 Å². The number of benzene rings is 1. The minimum Gasteiger partial charge on any atom is -0.300 e. The van der Waals surface area contributed by atoms with E-state index >= 15 is 0 Å². The second-order valence-electron chi connectivity index (χ2n) is 5.23. The van der Waals surface area contributed by atoms with E-state index in [0.717, 1.165) is 27.2 Å². The zero-order chi connectivity index (χ0) is 15.3. The number of aromatic nitrogens is 5. The third kappa shape index (κ3) is 1.92. The van der Waals surface area contributed by atoms with Gasteiger partial charge < -0.3 is 4.57 Å². The molecule has 1 unspecified atom stereocenters. The quantitative estimate of drug-likeness (QED) is 0.547. The maximum atomic E-state index is 14.2. The van der Waals surface area contributed by atoms with Crippen molar-refractivity contribution < 1.29 is 4.39 Å². The Morgan fingerprint density at radius 1 is 1.36 bits per heavy atom. The van der Waals surface area contributed by atoms with Crippen molar-refractivity contribution in [2.45, 2.75) is 26.1 Å². The van der Waals surface area contributed by atoms with Crippen molar-refractivity contribution in [1.29, 1.82) is 0 Å². The topological polar surface area (TPSA) is 48.5 Å². The molecule has 7 heteroatoms. The van der Waals surface area contributed by atoms with Crippen molar-refractivity contribution in [2.75, 3.05) is 0 Å². The summed E-state index contributed by atoms with van der Waals surface area (Å²) in [6.07, 6.45) is 2.55. The summed E-state index contributed by atoms with van der Waals surface area (Å²) in [6, 6.07) is 5.94. The van der Waals surface area contributed by atoms with Crippen LogP contribution in [0.5, 0.6) is 0 Å². The largest absolute Gasteiger partial charge is 0.300 e. The van der Waals surface area contributed by atoms with E-state index in [4.69, 9.17) is 0 Å². The molecule has 1 aromatic carbocycles. The summed E-state index contributed by atoms with van der Waals surface area (Å²) in [4.78, 5) is 8.66. The fraction of sp³-hybridized carbons (Fsp3) is 0.267. The molecule has 0 fully saturated rings. The first-order valence-corrected chi connectivity index (χ1v) is 7.86. The number of hydrogen-bond acceptors (Lipinski definition) is 3. The van der Waals surface area contributed by atoms with Gasteiger partial charge >= 0.3 is 0 Å². The number of rotatable bonds is 2. The second kappa shape index (κ2) is 5.01. The Labute approximate surface area is 134 Å². The van der Waals surface area contributed by atoms with Gasteiger partial charge in [-0.25, -0.2) is 19.0 Å². The van der Waals surface area contributed by atoms with Gasteiger partial charge in [0.25, 0.3) is 0 Å². The maximum absolute atomic E-state index is 14.2. The Bertz CT molecular complexity index is 853. The molecule has 1 atom stereocenters. The number of fused-ring (bicyclic) bond motifs is 5. The molecule has 3 heterocycles. The van der Waals surface area contributed by atoms with Crippen LogP contribution in [0.25, 0.3) is 17.1 Å². The number of halogens is 2. The summed E-state index contributed by atoms with van der Waals surface area (Å²) in [7, 11) is 0. The summed E-state index contributed by atoms with van der Waals surface area (Å²) in [5.41, 5.74) is 3.19. The average Bonchev–Trinajstić information content (AvgIpc) is 3.12. The Morgan fingerprint density at radius 3 is 3.05 bits per heavy atom. The Kier molecular flexibility index (Phi) is 3.11. The van der Waals surface area contributed by atoms with Gasteiger partial charge in [0.2, 0.25) is 0 Å². The molecule has 112 valence electrons. The van der Waals surface area contributed by atoms with E-state index in [2.05, 4.69) is 31.0 Å². The molecule has 0 N–H and O–H groups in total. The highest BCUT2D eigenvalue weighted by atomic mass is 79.9. The smallest absolute Gasteiger partial charge is 0.160 e. The highest BCUT2D eigenvalue weighted by molar-refractivity contribution is 9.10. The lowest BCUT2D eigenvalue weighted by atomic mass is 10.1. The Balaban J connectivity index is 2.02. The summed E-state index contributed by atoms with van der Waals surface area (Å²) in [5, 5.41) is 4.28. The van der Waals surface area contributed by atoms with E-state index in [1.165, 1.54) is 6.33 Å². The highest BCUT2D eigenvalue weighted by Gasteiger charge is 2.26. The van der Waals surface area contributed by atoms with Crippen LogP contribution < -0.4 is 0 Å². The van der Waals surface area contributed by atoms with Gasteiger partial charge in [0.1, 0.15) is 12.5 Å². The van der Waals surface area contributed by atoms with Crippen molar-refractivity contribution in [3.8, 4) is 17.1 Å². The number of imidazole rings is 1. The first-order chi connectivity index (χ1) is 10.7. The van der Waals surface area contributed by atoms with E-state index in [-0.39, 0.29) is 0 Å². The van der Waals surface area contributed by atoms with Crippen molar-refractivity contribution in [1.82, 2.24) is 24.3 Å². The van der Waals surface area contributed by atoms with Crippen LogP contribution in [-0.2, 0) is 6.54 Å². The number of alkyl halides is 1. The molecule has 0 amide bonds. The lowest BCUT2D eigenvalue weighted by Crippen LogP contribution is -2.08. The molecule has 0 bridgehead atoms. The third-order valence-electron chi connectivity index (χ3n) is 3.93. The van der Waals surface area contributed by atoms with Gasteiger partial charge in [-0.3, -0.25) is 0 Å². The fourth-order valence-corrected chi connectivity index (χ4v) is 3.20.